The molecule has 2 N–H and O–H groups in total. The Morgan fingerprint density at radius 2 is 1.87 bits per heavy atom. The Balaban J connectivity index is 2.24. The van der Waals surface area contributed by atoms with Crippen LogP contribution in [0.3, 0.4) is 0 Å². The molecule has 0 heterocycles. The van der Waals surface area contributed by atoms with Crippen LogP contribution < -0.4 is 10.2 Å². The highest BCUT2D eigenvalue weighted by Gasteiger charge is 2.20. The third-order valence-electron chi connectivity index (χ3n) is 2.99. The van der Waals surface area contributed by atoms with Gasteiger partial charge in [0.15, 0.2) is 0 Å². The van der Waals surface area contributed by atoms with Gasteiger partial charge in [-0.05, 0) is 23.8 Å². The lowest BCUT2D eigenvalue weighted by Gasteiger charge is -2.10. The molecule has 1 amide bonds. The number of hydrogen-bond donors (Lipinski definition) is 2. The maximum absolute atomic E-state index is 12.4. The first-order valence-corrected chi connectivity index (χ1v) is 8.46. The summed E-state index contributed by atoms with van der Waals surface area (Å²) in [5, 5.41) is 0.0273. The van der Waals surface area contributed by atoms with Crippen LogP contribution in [0.4, 0.5) is 0 Å². The number of carbonyl (C=O) groups is 1. The Hall–Kier alpha value is -1.93. The molecule has 0 aliphatic rings. The lowest BCUT2D eigenvalue weighted by atomic mass is 10.2. The highest BCUT2D eigenvalue weighted by Crippen LogP contribution is 2.23. The Labute approximate surface area is 139 Å². The molecule has 0 saturated heterocycles. The van der Waals surface area contributed by atoms with Crippen LogP contribution in [-0.2, 0) is 21.4 Å². The molecule has 0 atom stereocenters. The molecular weight excluding hydrogens is 340 g/mol. The second-order valence-corrected chi connectivity index (χ2v) is 6.73. The van der Waals surface area contributed by atoms with Crippen molar-refractivity contribution in [2.45, 2.75) is 11.4 Å². The maximum atomic E-state index is 12.4. The molecule has 0 aliphatic carbocycles. The van der Waals surface area contributed by atoms with E-state index in [-0.39, 0.29) is 22.0 Å². The van der Waals surface area contributed by atoms with Crippen LogP contribution >= 0.6 is 11.6 Å². The van der Waals surface area contributed by atoms with E-state index in [9.17, 15) is 13.2 Å². The molecule has 0 spiro atoms. The number of hydroxylamine groups is 1. The molecule has 2 rings (SSSR count). The largest absolute Gasteiger partial charge is 0.277 e. The molecule has 0 radical (unpaired) electrons. The normalized spacial score (nSPS) is 11.2. The number of halogens is 1. The topological polar surface area (TPSA) is 84.5 Å². The summed E-state index contributed by atoms with van der Waals surface area (Å²) >= 11 is 5.96. The zero-order chi connectivity index (χ0) is 16.9. The summed E-state index contributed by atoms with van der Waals surface area (Å²) in [6, 6.07) is 13.0. The molecule has 122 valence electrons. The Bertz CT molecular complexity index is 794. The molecule has 0 bridgehead atoms. The summed E-state index contributed by atoms with van der Waals surface area (Å²) in [6.07, 6.45) is 0. The van der Waals surface area contributed by atoms with Crippen molar-refractivity contribution in [2.24, 2.45) is 0 Å². The Morgan fingerprint density at radius 1 is 1.17 bits per heavy atom. The minimum Gasteiger partial charge on any atom is -0.277 e. The molecule has 0 unspecified atom stereocenters. The SMILES string of the molecule is CONC(=O)c1ccc(Cl)c(S(=O)(=O)NCc2ccccc2)c1. The van der Waals surface area contributed by atoms with Gasteiger partial charge in [-0.3, -0.25) is 9.63 Å². The number of carbonyl (C=O) groups excluding carboxylic acids is 1. The van der Waals surface area contributed by atoms with Gasteiger partial charge in [0.2, 0.25) is 10.0 Å². The first-order valence-electron chi connectivity index (χ1n) is 6.60. The second kappa shape index (κ2) is 7.56. The van der Waals surface area contributed by atoms with Gasteiger partial charge in [-0.2, -0.15) is 0 Å². The van der Waals surface area contributed by atoms with Crippen molar-refractivity contribution < 1.29 is 18.0 Å². The third-order valence-corrected chi connectivity index (χ3v) is 4.87. The van der Waals surface area contributed by atoms with Crippen molar-refractivity contribution in [3.63, 3.8) is 0 Å². The molecule has 2 aromatic rings. The van der Waals surface area contributed by atoms with Crippen LogP contribution in [0.5, 0.6) is 0 Å². The fraction of sp³-hybridized carbons (Fsp3) is 0.133. The van der Waals surface area contributed by atoms with E-state index < -0.39 is 15.9 Å². The van der Waals surface area contributed by atoms with Gasteiger partial charge in [0.1, 0.15) is 4.90 Å². The fourth-order valence-corrected chi connectivity index (χ4v) is 3.40. The second-order valence-electron chi connectivity index (χ2n) is 4.59. The summed E-state index contributed by atoms with van der Waals surface area (Å²) in [5.41, 5.74) is 3.05. The van der Waals surface area contributed by atoms with Crippen molar-refractivity contribution in [3.8, 4) is 0 Å². The zero-order valence-corrected chi connectivity index (χ0v) is 13.8. The maximum Gasteiger partial charge on any atom is 0.274 e. The highest BCUT2D eigenvalue weighted by atomic mass is 35.5. The minimum atomic E-state index is -3.86. The van der Waals surface area contributed by atoms with Crippen molar-refractivity contribution in [1.29, 1.82) is 0 Å². The van der Waals surface area contributed by atoms with Crippen molar-refractivity contribution in [3.05, 3.63) is 64.7 Å². The lowest BCUT2D eigenvalue weighted by Crippen LogP contribution is -2.25. The van der Waals surface area contributed by atoms with E-state index >= 15 is 0 Å². The van der Waals surface area contributed by atoms with Gasteiger partial charge >= 0.3 is 0 Å². The van der Waals surface area contributed by atoms with Gasteiger partial charge in [-0.1, -0.05) is 41.9 Å². The third kappa shape index (κ3) is 4.52. The van der Waals surface area contributed by atoms with Gasteiger partial charge in [0.05, 0.1) is 12.1 Å². The van der Waals surface area contributed by atoms with Crippen LogP contribution in [0.2, 0.25) is 5.02 Å². The van der Waals surface area contributed by atoms with Crippen molar-refractivity contribution >= 4 is 27.5 Å². The molecule has 0 saturated carbocycles. The van der Waals surface area contributed by atoms with E-state index in [2.05, 4.69) is 15.0 Å². The highest BCUT2D eigenvalue weighted by molar-refractivity contribution is 7.89. The summed E-state index contributed by atoms with van der Waals surface area (Å²) < 4.78 is 27.3. The molecule has 2 aromatic carbocycles. The fourth-order valence-electron chi connectivity index (χ4n) is 1.85. The first-order chi connectivity index (χ1) is 10.9. The van der Waals surface area contributed by atoms with E-state index in [1.807, 2.05) is 18.2 Å². The quantitative estimate of drug-likeness (QED) is 0.778. The summed E-state index contributed by atoms with van der Waals surface area (Å²) in [5.74, 6) is -0.566. The molecule has 8 heteroatoms. The number of sulfonamides is 1. The standard InChI is InChI=1S/C15H15ClN2O4S/c1-22-18-15(19)12-7-8-13(16)14(9-12)23(20,21)17-10-11-5-3-2-4-6-11/h2-9,17H,10H2,1H3,(H,18,19). The average molecular weight is 355 g/mol. The van der Waals surface area contributed by atoms with E-state index in [1.54, 1.807) is 12.1 Å². The summed E-state index contributed by atoms with van der Waals surface area (Å²) in [4.78, 5) is 16.1. The average Bonchev–Trinajstić information content (AvgIpc) is 2.54. The molecule has 6 nitrogen and oxygen atoms in total. The predicted octanol–water partition coefficient (Wildman–Crippen LogP) is 2.11. The predicted molar refractivity (Wildman–Crippen MR) is 86.4 cm³/mol. The van der Waals surface area contributed by atoms with Crippen molar-refractivity contribution in [2.75, 3.05) is 7.11 Å². The smallest absolute Gasteiger partial charge is 0.274 e. The zero-order valence-electron chi connectivity index (χ0n) is 12.2. The van der Waals surface area contributed by atoms with Gasteiger partial charge in [-0.25, -0.2) is 18.6 Å². The monoisotopic (exact) mass is 354 g/mol. The first kappa shape index (κ1) is 17.4. The van der Waals surface area contributed by atoms with Crippen LogP contribution in [0.15, 0.2) is 53.4 Å². The molecule has 23 heavy (non-hydrogen) atoms. The van der Waals surface area contributed by atoms with Gasteiger partial charge in [-0.15, -0.1) is 0 Å². The van der Waals surface area contributed by atoms with E-state index in [0.29, 0.717) is 0 Å². The number of hydrogen-bond acceptors (Lipinski definition) is 4. The number of benzene rings is 2. The van der Waals surface area contributed by atoms with E-state index in [0.717, 1.165) is 5.56 Å². The van der Waals surface area contributed by atoms with Crippen LogP contribution in [0.1, 0.15) is 15.9 Å². The number of nitrogens with one attached hydrogen (secondary N) is 2. The minimum absolute atomic E-state index is 0.0273. The molecule has 0 aliphatic heterocycles. The van der Waals surface area contributed by atoms with Gasteiger partial charge < -0.3 is 0 Å². The molecular formula is C15H15ClN2O4S. The molecule has 0 aromatic heterocycles. The summed E-state index contributed by atoms with van der Waals surface area (Å²) in [6.45, 7) is 0.119. The van der Waals surface area contributed by atoms with Crippen LogP contribution in [0.25, 0.3) is 0 Å². The van der Waals surface area contributed by atoms with Crippen LogP contribution in [-0.4, -0.2) is 21.4 Å². The number of rotatable bonds is 6. The summed E-state index contributed by atoms with van der Waals surface area (Å²) in [7, 11) is -2.58. The Kier molecular flexibility index (Phi) is 5.73. The Morgan fingerprint density at radius 3 is 2.52 bits per heavy atom. The van der Waals surface area contributed by atoms with E-state index in [1.165, 1.54) is 25.3 Å². The van der Waals surface area contributed by atoms with Gasteiger partial charge in [0.25, 0.3) is 5.91 Å². The van der Waals surface area contributed by atoms with Gasteiger partial charge in [0, 0.05) is 12.1 Å². The van der Waals surface area contributed by atoms with E-state index in [4.69, 9.17) is 11.6 Å². The van der Waals surface area contributed by atoms with Crippen LogP contribution in [0, 0.1) is 0 Å². The number of amides is 1. The van der Waals surface area contributed by atoms with Crippen molar-refractivity contribution in [1.82, 2.24) is 10.2 Å². The molecule has 0 fully saturated rings. The lowest BCUT2D eigenvalue weighted by molar-refractivity contribution is 0.0537.